The highest BCUT2D eigenvalue weighted by atomic mass is 16.5. The van der Waals surface area contributed by atoms with Crippen LogP contribution in [0.25, 0.3) is 0 Å². The van der Waals surface area contributed by atoms with Crippen molar-refractivity contribution < 1.29 is 14.3 Å². The number of rotatable bonds is 4. The third-order valence-corrected chi connectivity index (χ3v) is 3.75. The molecule has 0 amide bonds. The van der Waals surface area contributed by atoms with Crippen molar-refractivity contribution in [2.24, 2.45) is 11.8 Å². The van der Waals surface area contributed by atoms with Crippen molar-refractivity contribution in [3.05, 3.63) is 35.4 Å². The molecular weight excluding hydrogens is 252 g/mol. The smallest absolute Gasteiger partial charge is 0.309 e. The van der Waals surface area contributed by atoms with Crippen LogP contribution in [0.4, 0.5) is 0 Å². The molecule has 1 aliphatic carbocycles. The number of benzene rings is 1. The molecule has 0 heterocycles. The predicted octanol–water partition coefficient (Wildman–Crippen LogP) is 3.37. The number of Topliss-reactive ketones (excluding diaryl/α,β-unsaturated/α-hetero) is 1. The number of carbonyl (C=O) groups excluding carboxylic acids is 2. The van der Waals surface area contributed by atoms with Gasteiger partial charge in [0.15, 0.2) is 5.78 Å². The van der Waals surface area contributed by atoms with Crippen LogP contribution in [-0.4, -0.2) is 18.4 Å². The summed E-state index contributed by atoms with van der Waals surface area (Å²) in [6, 6.07) is 7.72. The largest absolute Gasteiger partial charge is 0.466 e. The summed E-state index contributed by atoms with van der Waals surface area (Å²) in [5.74, 6) is -0.597. The van der Waals surface area contributed by atoms with E-state index in [0.717, 1.165) is 0 Å². The van der Waals surface area contributed by atoms with Crippen LogP contribution >= 0.6 is 0 Å². The first-order chi connectivity index (χ1) is 9.34. The minimum Gasteiger partial charge on any atom is -0.466 e. The molecule has 3 nitrogen and oxygen atoms in total. The van der Waals surface area contributed by atoms with E-state index < -0.39 is 0 Å². The van der Waals surface area contributed by atoms with Crippen LogP contribution in [0.15, 0.2) is 24.3 Å². The second-order valence-corrected chi connectivity index (χ2v) is 6.39. The van der Waals surface area contributed by atoms with Crippen molar-refractivity contribution in [3.63, 3.8) is 0 Å². The molecule has 3 heteroatoms. The number of esters is 1. The van der Waals surface area contributed by atoms with Gasteiger partial charge >= 0.3 is 5.97 Å². The molecule has 0 unspecified atom stereocenters. The molecule has 0 aromatic heterocycles. The van der Waals surface area contributed by atoms with Gasteiger partial charge < -0.3 is 4.74 Å². The maximum atomic E-state index is 12.3. The van der Waals surface area contributed by atoms with Crippen LogP contribution < -0.4 is 0 Å². The van der Waals surface area contributed by atoms with Gasteiger partial charge in [-0.3, -0.25) is 9.59 Å². The minimum atomic E-state index is -0.239. The zero-order valence-electron chi connectivity index (χ0n) is 12.6. The highest BCUT2D eigenvalue weighted by Gasteiger charge is 2.49. The molecular formula is C17H22O3. The Balaban J connectivity index is 2.03. The molecule has 1 aliphatic rings. The number of ether oxygens (including phenoxy) is 1. The molecule has 1 aromatic rings. The van der Waals surface area contributed by atoms with Gasteiger partial charge in [-0.2, -0.15) is 0 Å². The fourth-order valence-corrected chi connectivity index (χ4v) is 2.34. The molecule has 2 atom stereocenters. The maximum absolute atomic E-state index is 12.3. The van der Waals surface area contributed by atoms with E-state index in [0.29, 0.717) is 18.6 Å². The van der Waals surface area contributed by atoms with E-state index >= 15 is 0 Å². The van der Waals surface area contributed by atoms with Gasteiger partial charge in [0.2, 0.25) is 0 Å². The predicted molar refractivity (Wildman–Crippen MR) is 77.7 cm³/mol. The van der Waals surface area contributed by atoms with E-state index in [1.54, 1.807) is 6.92 Å². The van der Waals surface area contributed by atoms with Crippen LogP contribution in [0.5, 0.6) is 0 Å². The minimum absolute atomic E-state index is 0.0588. The zero-order valence-corrected chi connectivity index (χ0v) is 12.6. The standard InChI is InChI=1S/C17H22O3/c1-5-20-16(19)14-10-13(14)15(18)11-6-8-12(9-7-11)17(2,3)4/h6-9,13-14H,5,10H2,1-4H3/t13-,14-/m1/s1. The lowest BCUT2D eigenvalue weighted by Gasteiger charge is -2.18. The second-order valence-electron chi connectivity index (χ2n) is 6.39. The van der Waals surface area contributed by atoms with Gasteiger partial charge in [0.1, 0.15) is 0 Å². The van der Waals surface area contributed by atoms with Gasteiger partial charge in [0.05, 0.1) is 12.5 Å². The average Bonchev–Trinajstić information content (AvgIpc) is 3.17. The lowest BCUT2D eigenvalue weighted by Crippen LogP contribution is -2.13. The maximum Gasteiger partial charge on any atom is 0.309 e. The Bertz CT molecular complexity index is 508. The van der Waals surface area contributed by atoms with E-state index in [1.165, 1.54) is 5.56 Å². The summed E-state index contributed by atoms with van der Waals surface area (Å²) < 4.78 is 4.95. The molecule has 1 saturated carbocycles. The Hall–Kier alpha value is -1.64. The summed E-state index contributed by atoms with van der Waals surface area (Å²) in [6.07, 6.45) is 0.624. The van der Waals surface area contributed by atoms with E-state index in [2.05, 4.69) is 20.8 Å². The Morgan fingerprint density at radius 2 is 1.75 bits per heavy atom. The fourth-order valence-electron chi connectivity index (χ4n) is 2.34. The zero-order chi connectivity index (χ0) is 14.9. The molecule has 20 heavy (non-hydrogen) atoms. The van der Waals surface area contributed by atoms with Crippen LogP contribution in [0, 0.1) is 11.8 Å². The normalized spacial score (nSPS) is 21.4. The Morgan fingerprint density at radius 3 is 2.25 bits per heavy atom. The van der Waals surface area contributed by atoms with Crippen molar-refractivity contribution in [1.29, 1.82) is 0 Å². The molecule has 108 valence electrons. The monoisotopic (exact) mass is 274 g/mol. The lowest BCUT2D eigenvalue weighted by atomic mass is 9.86. The van der Waals surface area contributed by atoms with Gasteiger partial charge in [-0.25, -0.2) is 0 Å². The van der Waals surface area contributed by atoms with E-state index in [-0.39, 0.29) is 29.0 Å². The number of carbonyl (C=O) groups is 2. The van der Waals surface area contributed by atoms with Crippen LogP contribution in [0.1, 0.15) is 50.0 Å². The molecule has 0 radical (unpaired) electrons. The molecule has 1 fully saturated rings. The van der Waals surface area contributed by atoms with Crippen molar-refractivity contribution in [2.45, 2.75) is 39.5 Å². The topological polar surface area (TPSA) is 43.4 Å². The molecule has 0 N–H and O–H groups in total. The summed E-state index contributed by atoms with van der Waals surface area (Å²) in [7, 11) is 0. The van der Waals surface area contributed by atoms with E-state index in [4.69, 9.17) is 4.74 Å². The van der Waals surface area contributed by atoms with Crippen molar-refractivity contribution in [3.8, 4) is 0 Å². The molecule has 0 saturated heterocycles. The van der Waals surface area contributed by atoms with Gasteiger partial charge in [-0.15, -0.1) is 0 Å². The molecule has 0 bridgehead atoms. The first-order valence-electron chi connectivity index (χ1n) is 7.16. The number of hydrogen-bond acceptors (Lipinski definition) is 3. The SMILES string of the molecule is CCOC(=O)[C@@H]1C[C@H]1C(=O)c1ccc(C(C)(C)C)cc1. The van der Waals surface area contributed by atoms with Gasteiger partial charge in [-0.1, -0.05) is 45.0 Å². The Morgan fingerprint density at radius 1 is 1.15 bits per heavy atom. The molecule has 2 rings (SSSR count). The van der Waals surface area contributed by atoms with Crippen molar-refractivity contribution >= 4 is 11.8 Å². The van der Waals surface area contributed by atoms with Gasteiger partial charge in [-0.05, 0) is 24.3 Å². The average molecular weight is 274 g/mol. The third kappa shape index (κ3) is 3.09. The van der Waals surface area contributed by atoms with E-state index in [1.807, 2.05) is 24.3 Å². The Labute approximate surface area is 120 Å². The highest BCUT2D eigenvalue weighted by molar-refractivity contribution is 6.02. The van der Waals surface area contributed by atoms with Crippen molar-refractivity contribution in [2.75, 3.05) is 6.61 Å². The summed E-state index contributed by atoms with van der Waals surface area (Å²) in [5, 5.41) is 0. The second kappa shape index (κ2) is 5.39. The Kier molecular flexibility index (Phi) is 3.98. The van der Waals surface area contributed by atoms with Crippen LogP contribution in [0.2, 0.25) is 0 Å². The summed E-state index contributed by atoms with van der Waals surface area (Å²) in [4.78, 5) is 23.8. The van der Waals surface area contributed by atoms with Crippen LogP contribution in [-0.2, 0) is 14.9 Å². The van der Waals surface area contributed by atoms with Gasteiger partial charge in [0.25, 0.3) is 0 Å². The van der Waals surface area contributed by atoms with Crippen molar-refractivity contribution in [1.82, 2.24) is 0 Å². The third-order valence-electron chi connectivity index (χ3n) is 3.75. The highest BCUT2D eigenvalue weighted by Crippen LogP contribution is 2.42. The molecule has 0 aliphatic heterocycles. The lowest BCUT2D eigenvalue weighted by molar-refractivity contribution is -0.144. The summed E-state index contributed by atoms with van der Waals surface area (Å²) in [5.41, 5.74) is 1.97. The first-order valence-corrected chi connectivity index (χ1v) is 7.16. The van der Waals surface area contributed by atoms with E-state index in [9.17, 15) is 9.59 Å². The molecule has 0 spiro atoms. The van der Waals surface area contributed by atoms with Gasteiger partial charge in [0, 0.05) is 11.5 Å². The summed E-state index contributed by atoms with van der Waals surface area (Å²) >= 11 is 0. The fraction of sp³-hybridized carbons (Fsp3) is 0.529. The van der Waals surface area contributed by atoms with Crippen LogP contribution in [0.3, 0.4) is 0 Å². The number of ketones is 1. The molecule has 1 aromatic carbocycles. The quantitative estimate of drug-likeness (QED) is 0.624. The number of hydrogen-bond donors (Lipinski definition) is 0. The summed E-state index contributed by atoms with van der Waals surface area (Å²) in [6.45, 7) is 8.57. The first kappa shape index (κ1) is 14.8.